The molecule has 132 valence electrons. The lowest BCUT2D eigenvalue weighted by molar-refractivity contribution is 0.721. The number of hydrogen-bond acceptors (Lipinski definition) is 3. The van der Waals surface area contributed by atoms with Crippen LogP contribution in [0.4, 0.5) is 22.7 Å². The zero-order valence-electron chi connectivity index (χ0n) is 14.9. The second-order valence-electron chi connectivity index (χ2n) is 6.11. The maximum absolute atomic E-state index is 3.59. The van der Waals surface area contributed by atoms with Crippen molar-refractivity contribution in [1.29, 1.82) is 0 Å². The van der Waals surface area contributed by atoms with Crippen molar-refractivity contribution in [2.24, 2.45) is 0 Å². The molecule has 0 saturated carbocycles. The summed E-state index contributed by atoms with van der Waals surface area (Å²) in [5.74, 6) is 0. The topological polar surface area (TPSA) is 18.5 Å². The fourth-order valence-corrected chi connectivity index (χ4v) is 2.94. The molecule has 4 aromatic carbocycles. The van der Waals surface area contributed by atoms with Crippen molar-refractivity contribution in [3.8, 4) is 0 Å². The number of anilines is 4. The predicted octanol–water partition coefficient (Wildman–Crippen LogP) is 6.08. The van der Waals surface area contributed by atoms with E-state index in [2.05, 4.69) is 64.1 Å². The van der Waals surface area contributed by atoms with Crippen LogP contribution in [0.2, 0.25) is 0 Å². The predicted molar refractivity (Wildman–Crippen MR) is 113 cm³/mol. The summed E-state index contributed by atoms with van der Waals surface area (Å²) in [6.07, 6.45) is 0. The summed E-state index contributed by atoms with van der Waals surface area (Å²) in [5, 5.41) is 4.17. The van der Waals surface area contributed by atoms with E-state index in [4.69, 9.17) is 0 Å². The minimum atomic E-state index is 1.06. The van der Waals surface area contributed by atoms with Crippen LogP contribution in [0, 0.1) is 0 Å². The van der Waals surface area contributed by atoms with Crippen LogP contribution in [0.3, 0.4) is 0 Å². The number of benzene rings is 4. The minimum absolute atomic E-state index is 1.06. The van der Waals surface area contributed by atoms with Gasteiger partial charge in [0, 0.05) is 0 Å². The quantitative estimate of drug-likeness (QED) is 0.425. The highest BCUT2D eigenvalue weighted by molar-refractivity contribution is 5.67. The Labute approximate surface area is 160 Å². The molecule has 0 aliphatic carbocycles. The molecule has 4 aromatic rings. The van der Waals surface area contributed by atoms with Crippen molar-refractivity contribution in [3.63, 3.8) is 0 Å². The van der Waals surface area contributed by atoms with Gasteiger partial charge in [-0.05, 0) is 48.5 Å². The fourth-order valence-electron chi connectivity index (χ4n) is 2.94. The summed E-state index contributed by atoms with van der Waals surface area (Å²) >= 11 is 0. The van der Waals surface area contributed by atoms with E-state index >= 15 is 0 Å². The minimum Gasteiger partial charge on any atom is -0.259 e. The van der Waals surface area contributed by atoms with Gasteiger partial charge < -0.3 is 0 Å². The molecule has 4 rings (SSSR count). The third-order valence-electron chi connectivity index (χ3n) is 4.26. The Hall–Kier alpha value is -3.56. The van der Waals surface area contributed by atoms with Crippen LogP contribution < -0.4 is 15.6 Å². The Bertz CT molecular complexity index is 782. The van der Waals surface area contributed by atoms with Gasteiger partial charge >= 0.3 is 0 Å². The molecule has 0 unspecified atom stereocenters. The molecule has 0 radical (unpaired) electrons. The van der Waals surface area contributed by atoms with Crippen LogP contribution in [0.15, 0.2) is 121 Å². The Balaban J connectivity index is 1.77. The number of para-hydroxylation sites is 4. The zero-order chi connectivity index (χ0) is 18.3. The molecule has 3 nitrogen and oxygen atoms in total. The van der Waals surface area contributed by atoms with Crippen molar-refractivity contribution < 1.29 is 0 Å². The number of hydrazine groups is 2. The normalized spacial score (nSPS) is 10.4. The van der Waals surface area contributed by atoms with Crippen LogP contribution in [0.1, 0.15) is 0 Å². The van der Waals surface area contributed by atoms with Crippen LogP contribution >= 0.6 is 0 Å². The van der Waals surface area contributed by atoms with Gasteiger partial charge in [0.2, 0.25) is 0 Å². The van der Waals surface area contributed by atoms with E-state index in [1.54, 1.807) is 0 Å². The van der Waals surface area contributed by atoms with E-state index in [0.29, 0.717) is 0 Å². The van der Waals surface area contributed by atoms with Gasteiger partial charge in [0.1, 0.15) is 0 Å². The van der Waals surface area contributed by atoms with E-state index in [-0.39, 0.29) is 0 Å². The third-order valence-corrected chi connectivity index (χ3v) is 4.26. The Kier molecular flexibility index (Phi) is 5.14. The number of nitrogens with one attached hydrogen (secondary N) is 1. The molecule has 0 amide bonds. The van der Waals surface area contributed by atoms with Gasteiger partial charge in [-0.3, -0.25) is 10.0 Å². The Morgan fingerprint density at radius 2 is 0.556 bits per heavy atom. The summed E-state index contributed by atoms with van der Waals surface area (Å²) in [4.78, 5) is 0. The van der Waals surface area contributed by atoms with Crippen LogP contribution in [0.25, 0.3) is 0 Å². The molecule has 0 fully saturated rings. The molecule has 0 aromatic heterocycles. The maximum Gasteiger partial charge on any atom is 0.0596 e. The van der Waals surface area contributed by atoms with E-state index in [1.165, 1.54) is 0 Å². The van der Waals surface area contributed by atoms with Crippen molar-refractivity contribution >= 4 is 22.7 Å². The van der Waals surface area contributed by atoms with Gasteiger partial charge in [0.25, 0.3) is 0 Å². The molecular weight excluding hydrogens is 330 g/mol. The van der Waals surface area contributed by atoms with E-state index in [0.717, 1.165) is 22.7 Å². The van der Waals surface area contributed by atoms with Crippen molar-refractivity contribution in [3.05, 3.63) is 121 Å². The lowest BCUT2D eigenvalue weighted by atomic mass is 10.2. The molecule has 0 aliphatic rings. The summed E-state index contributed by atoms with van der Waals surface area (Å²) in [7, 11) is 0. The molecule has 0 spiro atoms. The summed E-state index contributed by atoms with van der Waals surface area (Å²) in [5.41, 5.74) is 7.81. The molecule has 0 bridgehead atoms. The molecule has 27 heavy (non-hydrogen) atoms. The average molecular weight is 351 g/mol. The highest BCUT2D eigenvalue weighted by Gasteiger charge is 2.15. The number of rotatable bonds is 6. The average Bonchev–Trinajstić information content (AvgIpc) is 2.77. The summed E-state index contributed by atoms with van der Waals surface area (Å²) in [6, 6.07) is 41.2. The molecule has 1 N–H and O–H groups in total. The van der Waals surface area contributed by atoms with Gasteiger partial charge in [0.15, 0.2) is 0 Å². The summed E-state index contributed by atoms with van der Waals surface area (Å²) < 4.78 is 0. The van der Waals surface area contributed by atoms with Crippen LogP contribution in [0.5, 0.6) is 0 Å². The van der Waals surface area contributed by atoms with Gasteiger partial charge in [-0.15, -0.1) is 5.53 Å². The monoisotopic (exact) mass is 351 g/mol. The molecular formula is C24H21N3. The highest BCUT2D eigenvalue weighted by Crippen LogP contribution is 2.28. The fraction of sp³-hybridized carbons (Fsp3) is 0. The first-order valence-corrected chi connectivity index (χ1v) is 8.98. The van der Waals surface area contributed by atoms with Gasteiger partial charge in [-0.25, -0.2) is 0 Å². The third kappa shape index (κ3) is 4.00. The maximum atomic E-state index is 3.59. The lowest BCUT2D eigenvalue weighted by Crippen LogP contribution is -2.45. The highest BCUT2D eigenvalue weighted by atomic mass is 15.8. The van der Waals surface area contributed by atoms with Crippen molar-refractivity contribution in [2.45, 2.75) is 0 Å². The Morgan fingerprint density at radius 1 is 0.333 bits per heavy atom. The SMILES string of the molecule is c1ccc(N(NN(c2ccccc2)c2ccccc2)c2ccccc2)cc1. The first-order chi connectivity index (χ1) is 13.4. The van der Waals surface area contributed by atoms with E-state index in [9.17, 15) is 0 Å². The van der Waals surface area contributed by atoms with E-state index in [1.807, 2.05) is 72.8 Å². The summed E-state index contributed by atoms with van der Waals surface area (Å²) in [6.45, 7) is 0. The number of nitrogens with zero attached hydrogens (tertiary/aromatic N) is 2. The number of hydrogen-bond donors (Lipinski definition) is 1. The molecule has 0 saturated heterocycles. The smallest absolute Gasteiger partial charge is 0.0596 e. The first-order valence-electron chi connectivity index (χ1n) is 8.98. The van der Waals surface area contributed by atoms with E-state index < -0.39 is 0 Å². The molecule has 0 aliphatic heterocycles. The van der Waals surface area contributed by atoms with Crippen molar-refractivity contribution in [2.75, 3.05) is 10.0 Å². The molecule has 3 heteroatoms. The Morgan fingerprint density at radius 3 is 0.778 bits per heavy atom. The van der Waals surface area contributed by atoms with Gasteiger partial charge in [0.05, 0.1) is 22.7 Å². The largest absolute Gasteiger partial charge is 0.259 e. The standard InChI is InChI=1S/C24H21N3/c1-5-13-21(14-6-1)26(22-15-7-2-8-16-22)25-27(23-17-9-3-10-18-23)24-19-11-4-12-20-24/h1-20,25H. The zero-order valence-corrected chi connectivity index (χ0v) is 14.9. The molecule has 0 atom stereocenters. The van der Waals surface area contributed by atoms with Crippen LogP contribution in [-0.2, 0) is 0 Å². The second kappa shape index (κ2) is 8.21. The lowest BCUT2D eigenvalue weighted by Gasteiger charge is -2.34. The van der Waals surface area contributed by atoms with Gasteiger partial charge in [-0.1, -0.05) is 72.8 Å². The second-order valence-corrected chi connectivity index (χ2v) is 6.11. The van der Waals surface area contributed by atoms with Crippen molar-refractivity contribution in [1.82, 2.24) is 5.53 Å². The molecule has 0 heterocycles. The van der Waals surface area contributed by atoms with Gasteiger partial charge in [-0.2, -0.15) is 0 Å². The van der Waals surface area contributed by atoms with Crippen LogP contribution in [-0.4, -0.2) is 0 Å². The first kappa shape index (κ1) is 16.9.